The zero-order valence-corrected chi connectivity index (χ0v) is 9.41. The first-order chi connectivity index (χ1) is 6.57. The van der Waals surface area contributed by atoms with Crippen LogP contribution >= 0.6 is 22.9 Å². The van der Waals surface area contributed by atoms with E-state index < -0.39 is 0 Å². The fraction of sp³-hybridized carbons (Fsp3) is 0.556. The third-order valence-corrected chi connectivity index (χ3v) is 3.53. The summed E-state index contributed by atoms with van der Waals surface area (Å²) in [7, 11) is 0. The molecule has 1 aromatic heterocycles. The van der Waals surface area contributed by atoms with E-state index in [0.29, 0.717) is 10.8 Å². The average molecular weight is 231 g/mol. The molecule has 1 amide bonds. The zero-order valence-electron chi connectivity index (χ0n) is 7.84. The fourth-order valence-electron chi connectivity index (χ4n) is 1.69. The van der Waals surface area contributed by atoms with Gasteiger partial charge >= 0.3 is 0 Å². The summed E-state index contributed by atoms with van der Waals surface area (Å²) in [6.07, 6.45) is 3.93. The van der Waals surface area contributed by atoms with Crippen molar-refractivity contribution in [3.8, 4) is 0 Å². The maximum atomic E-state index is 11.1. The molecule has 1 aliphatic rings. The van der Waals surface area contributed by atoms with Crippen LogP contribution < -0.4 is 5.32 Å². The molecule has 0 saturated carbocycles. The predicted octanol–water partition coefficient (Wildman–Crippen LogP) is 2.01. The van der Waals surface area contributed by atoms with Crippen LogP contribution in [0.4, 0.5) is 0 Å². The van der Waals surface area contributed by atoms with E-state index in [1.54, 1.807) is 6.20 Å². The number of carbonyl (C=O) groups is 1. The monoisotopic (exact) mass is 230 g/mol. The number of amides is 1. The molecule has 76 valence electrons. The summed E-state index contributed by atoms with van der Waals surface area (Å²) in [6, 6.07) is 0. The molecule has 1 atom stereocenters. The first kappa shape index (κ1) is 9.93. The lowest BCUT2D eigenvalue weighted by atomic mass is 9.97. The molecule has 2 heterocycles. The van der Waals surface area contributed by atoms with Gasteiger partial charge in [-0.3, -0.25) is 4.79 Å². The van der Waals surface area contributed by atoms with Crippen molar-refractivity contribution in [3.63, 3.8) is 0 Å². The van der Waals surface area contributed by atoms with Crippen molar-refractivity contribution < 1.29 is 4.79 Å². The highest BCUT2D eigenvalue weighted by Gasteiger charge is 2.33. The van der Waals surface area contributed by atoms with Gasteiger partial charge in [-0.2, -0.15) is 0 Å². The largest absolute Gasteiger partial charge is 0.351 e. The molecule has 0 aliphatic carbocycles. The Hall–Kier alpha value is -0.610. The maximum absolute atomic E-state index is 11.1. The Bertz CT molecular complexity index is 365. The van der Waals surface area contributed by atoms with E-state index in [2.05, 4.69) is 10.3 Å². The third-order valence-electron chi connectivity index (χ3n) is 2.41. The Kier molecular flexibility index (Phi) is 2.49. The Balaban J connectivity index is 2.07. The molecule has 5 heteroatoms. The van der Waals surface area contributed by atoms with E-state index in [9.17, 15) is 4.79 Å². The van der Waals surface area contributed by atoms with Gasteiger partial charge in [-0.05, 0) is 13.3 Å². The molecule has 0 bridgehead atoms. The fourth-order valence-corrected chi connectivity index (χ4v) is 2.83. The highest BCUT2D eigenvalue weighted by atomic mass is 35.5. The third kappa shape index (κ3) is 2.07. The van der Waals surface area contributed by atoms with Crippen LogP contribution in [0.1, 0.15) is 24.8 Å². The molecule has 1 fully saturated rings. The van der Waals surface area contributed by atoms with Gasteiger partial charge in [0, 0.05) is 18.4 Å². The van der Waals surface area contributed by atoms with Crippen molar-refractivity contribution >= 4 is 28.8 Å². The molecule has 1 aliphatic heterocycles. The average Bonchev–Trinajstić information content (AvgIpc) is 2.60. The van der Waals surface area contributed by atoms with Gasteiger partial charge in [0.1, 0.15) is 4.34 Å². The van der Waals surface area contributed by atoms with Crippen molar-refractivity contribution in [2.24, 2.45) is 0 Å². The lowest BCUT2D eigenvalue weighted by molar-refractivity contribution is -0.119. The number of nitrogens with zero attached hydrogens (tertiary/aromatic N) is 1. The Morgan fingerprint density at radius 2 is 2.57 bits per heavy atom. The predicted molar refractivity (Wildman–Crippen MR) is 56.6 cm³/mol. The Morgan fingerprint density at radius 1 is 1.79 bits per heavy atom. The van der Waals surface area contributed by atoms with E-state index in [0.717, 1.165) is 17.8 Å². The second kappa shape index (κ2) is 3.51. The Morgan fingerprint density at radius 3 is 3.07 bits per heavy atom. The number of hydrogen-bond donors (Lipinski definition) is 1. The minimum atomic E-state index is -0.127. The van der Waals surface area contributed by atoms with E-state index in [4.69, 9.17) is 11.6 Å². The van der Waals surface area contributed by atoms with Crippen LogP contribution in [-0.2, 0) is 11.2 Å². The van der Waals surface area contributed by atoms with Gasteiger partial charge < -0.3 is 5.32 Å². The molecule has 1 unspecified atom stereocenters. The normalized spacial score (nSPS) is 26.6. The van der Waals surface area contributed by atoms with Crippen molar-refractivity contribution in [1.82, 2.24) is 10.3 Å². The number of aromatic nitrogens is 1. The van der Waals surface area contributed by atoms with Gasteiger partial charge in [0.25, 0.3) is 0 Å². The van der Waals surface area contributed by atoms with E-state index in [1.165, 1.54) is 11.3 Å². The van der Waals surface area contributed by atoms with Gasteiger partial charge in [-0.1, -0.05) is 11.6 Å². The first-order valence-corrected chi connectivity index (χ1v) is 5.68. The molecule has 2 rings (SSSR count). The molecule has 0 aromatic carbocycles. The van der Waals surface area contributed by atoms with E-state index >= 15 is 0 Å². The summed E-state index contributed by atoms with van der Waals surface area (Å²) in [5.41, 5.74) is -0.127. The lowest BCUT2D eigenvalue weighted by Gasteiger charge is -2.22. The summed E-state index contributed by atoms with van der Waals surface area (Å²) in [4.78, 5) is 15.3. The number of nitrogens with one attached hydrogen (secondary N) is 1. The highest BCUT2D eigenvalue weighted by molar-refractivity contribution is 7.15. The number of carbonyl (C=O) groups excluding carboxylic acids is 1. The second-order valence-electron chi connectivity index (χ2n) is 3.84. The summed E-state index contributed by atoms with van der Waals surface area (Å²) >= 11 is 7.27. The van der Waals surface area contributed by atoms with Crippen LogP contribution in [0.3, 0.4) is 0 Å². The van der Waals surface area contributed by atoms with E-state index in [-0.39, 0.29) is 11.4 Å². The SMILES string of the molecule is CC1(Cc2ncc(Cl)s2)CCC(=O)N1. The zero-order chi connectivity index (χ0) is 10.2. The van der Waals surface area contributed by atoms with Crippen molar-refractivity contribution in [2.45, 2.75) is 31.7 Å². The van der Waals surface area contributed by atoms with Crippen LogP contribution in [0, 0.1) is 0 Å². The maximum Gasteiger partial charge on any atom is 0.220 e. The minimum Gasteiger partial charge on any atom is -0.351 e. The quantitative estimate of drug-likeness (QED) is 0.845. The standard InChI is InChI=1S/C9H11ClN2OS/c1-9(3-2-7(13)12-9)4-8-11-5-6(10)14-8/h5H,2-4H2,1H3,(H,12,13). The molecule has 1 saturated heterocycles. The highest BCUT2D eigenvalue weighted by Crippen LogP contribution is 2.27. The molecule has 1 N–H and O–H groups in total. The van der Waals surface area contributed by atoms with Gasteiger partial charge in [-0.25, -0.2) is 4.98 Å². The Labute approximate surface area is 91.5 Å². The molecule has 1 aromatic rings. The molecule has 14 heavy (non-hydrogen) atoms. The first-order valence-electron chi connectivity index (χ1n) is 4.49. The van der Waals surface area contributed by atoms with Crippen LogP contribution in [-0.4, -0.2) is 16.4 Å². The smallest absolute Gasteiger partial charge is 0.220 e. The van der Waals surface area contributed by atoms with Crippen molar-refractivity contribution in [3.05, 3.63) is 15.5 Å². The summed E-state index contributed by atoms with van der Waals surface area (Å²) in [5, 5.41) is 3.96. The number of halogens is 1. The second-order valence-corrected chi connectivity index (χ2v) is 5.59. The summed E-state index contributed by atoms with van der Waals surface area (Å²) < 4.78 is 0.702. The van der Waals surface area contributed by atoms with Crippen LogP contribution in [0.15, 0.2) is 6.20 Å². The molecular formula is C9H11ClN2OS. The lowest BCUT2D eigenvalue weighted by Crippen LogP contribution is -2.40. The topological polar surface area (TPSA) is 42.0 Å². The van der Waals surface area contributed by atoms with Gasteiger partial charge in [0.05, 0.1) is 11.2 Å². The molecular weight excluding hydrogens is 220 g/mol. The van der Waals surface area contributed by atoms with Gasteiger partial charge in [0.2, 0.25) is 5.91 Å². The summed E-state index contributed by atoms with van der Waals surface area (Å²) in [6.45, 7) is 2.05. The minimum absolute atomic E-state index is 0.127. The molecule has 0 radical (unpaired) electrons. The molecule has 3 nitrogen and oxygen atoms in total. The number of rotatable bonds is 2. The van der Waals surface area contributed by atoms with Gasteiger partial charge in [-0.15, -0.1) is 11.3 Å². The van der Waals surface area contributed by atoms with E-state index in [1.807, 2.05) is 6.92 Å². The van der Waals surface area contributed by atoms with Crippen LogP contribution in [0.25, 0.3) is 0 Å². The summed E-state index contributed by atoms with van der Waals surface area (Å²) in [5.74, 6) is 0.134. The molecule has 0 spiro atoms. The number of thiazole rings is 1. The van der Waals surface area contributed by atoms with Crippen molar-refractivity contribution in [1.29, 1.82) is 0 Å². The van der Waals surface area contributed by atoms with Crippen LogP contribution in [0.5, 0.6) is 0 Å². The van der Waals surface area contributed by atoms with Gasteiger partial charge in [0.15, 0.2) is 0 Å². The van der Waals surface area contributed by atoms with Crippen LogP contribution in [0.2, 0.25) is 4.34 Å². The number of hydrogen-bond acceptors (Lipinski definition) is 3. The van der Waals surface area contributed by atoms with Crippen molar-refractivity contribution in [2.75, 3.05) is 0 Å².